The topological polar surface area (TPSA) is 13.1 Å². The van der Waals surface area contributed by atoms with Crippen LogP contribution >= 0.6 is 0 Å². The van der Waals surface area contributed by atoms with Crippen molar-refractivity contribution in [3.8, 4) is 44.5 Å². The van der Waals surface area contributed by atoms with E-state index in [0.29, 0.717) is 0 Å². The number of benzene rings is 10. The zero-order valence-electron chi connectivity index (χ0n) is 31.2. The van der Waals surface area contributed by atoms with Crippen molar-refractivity contribution in [1.29, 1.82) is 0 Å². The van der Waals surface area contributed by atoms with Gasteiger partial charge in [-0.2, -0.15) is 0 Å². The number of rotatable bonds is 3. The van der Waals surface area contributed by atoms with Gasteiger partial charge in [0.25, 0.3) is 0 Å². The molecule has 1 heteroatoms. The molecule has 0 N–H and O–H groups in total. The molecule has 0 saturated heterocycles. The molecule has 1 aliphatic carbocycles. The van der Waals surface area contributed by atoms with Crippen LogP contribution in [-0.4, -0.2) is 0 Å². The average Bonchev–Trinajstić information content (AvgIpc) is 3.74. The Morgan fingerprint density at radius 1 is 0.357 bits per heavy atom. The summed E-state index contributed by atoms with van der Waals surface area (Å²) in [6.45, 7) is 4.72. The monoisotopic (exact) mass is 712 g/mol. The highest BCUT2D eigenvalue weighted by Crippen LogP contribution is 2.54. The first-order chi connectivity index (χ1) is 27.5. The van der Waals surface area contributed by atoms with E-state index in [1.165, 1.54) is 109 Å². The number of fused-ring (bicyclic) bond motifs is 12. The van der Waals surface area contributed by atoms with Crippen LogP contribution in [0.3, 0.4) is 0 Å². The third kappa shape index (κ3) is 4.31. The predicted octanol–water partition coefficient (Wildman–Crippen LogP) is 15.5. The molecule has 12 rings (SSSR count). The summed E-state index contributed by atoms with van der Waals surface area (Å²) in [4.78, 5) is 0. The smallest absolute Gasteiger partial charge is 0.136 e. The average molecular weight is 713 g/mol. The maximum atomic E-state index is 6.85. The van der Waals surface area contributed by atoms with E-state index in [4.69, 9.17) is 4.42 Å². The minimum atomic E-state index is -0.147. The van der Waals surface area contributed by atoms with Crippen LogP contribution in [0.5, 0.6) is 0 Å². The van der Waals surface area contributed by atoms with Crippen LogP contribution < -0.4 is 0 Å². The lowest BCUT2D eigenvalue weighted by molar-refractivity contribution is 0.657. The van der Waals surface area contributed by atoms with E-state index in [9.17, 15) is 0 Å². The molecule has 0 bridgehead atoms. The van der Waals surface area contributed by atoms with E-state index in [1.807, 2.05) is 0 Å². The molecule has 1 aliphatic rings. The quantitative estimate of drug-likeness (QED) is 0.166. The lowest BCUT2D eigenvalue weighted by Gasteiger charge is -2.22. The van der Waals surface area contributed by atoms with Gasteiger partial charge in [0.15, 0.2) is 0 Å². The van der Waals surface area contributed by atoms with Crippen molar-refractivity contribution in [1.82, 2.24) is 0 Å². The van der Waals surface area contributed by atoms with Gasteiger partial charge in [0, 0.05) is 16.2 Å². The Balaban J connectivity index is 1.09. The van der Waals surface area contributed by atoms with Crippen LogP contribution in [-0.2, 0) is 5.41 Å². The van der Waals surface area contributed by atoms with E-state index in [2.05, 4.69) is 196 Å². The summed E-state index contributed by atoms with van der Waals surface area (Å²) in [5.74, 6) is 0. The van der Waals surface area contributed by atoms with Gasteiger partial charge in [0.2, 0.25) is 0 Å². The molecule has 1 aromatic heterocycles. The van der Waals surface area contributed by atoms with Gasteiger partial charge in [0.05, 0.1) is 0 Å². The summed E-state index contributed by atoms with van der Waals surface area (Å²) < 4.78 is 6.85. The van der Waals surface area contributed by atoms with Crippen molar-refractivity contribution in [3.05, 3.63) is 193 Å². The van der Waals surface area contributed by atoms with E-state index in [0.717, 1.165) is 11.2 Å². The van der Waals surface area contributed by atoms with Crippen molar-refractivity contribution in [2.24, 2.45) is 0 Å². The van der Waals surface area contributed by atoms with Gasteiger partial charge in [-0.05, 0) is 123 Å². The maximum Gasteiger partial charge on any atom is 0.136 e. The van der Waals surface area contributed by atoms with Gasteiger partial charge in [0.1, 0.15) is 11.2 Å². The Hall–Kier alpha value is -6.96. The molecule has 262 valence electrons. The first-order valence-electron chi connectivity index (χ1n) is 19.6. The van der Waals surface area contributed by atoms with E-state index in [-0.39, 0.29) is 5.41 Å². The zero-order valence-corrected chi connectivity index (χ0v) is 31.2. The molecule has 11 aromatic rings. The second-order valence-electron chi connectivity index (χ2n) is 16.0. The van der Waals surface area contributed by atoms with E-state index >= 15 is 0 Å². The standard InChI is InChI=1S/C55H36O/c1-55(2)47-25-12-11-19-39(47)45-28-29-48-53(54(45)55)52-40-20-6-5-18-38(40)46(32-49(52)56-48)35-16-13-17-36(31-35)50-41-21-7-9-23-43(41)51(44-24-10-8-22-42(44)50)37-27-26-33-14-3-4-15-34(33)30-37/h3-32H,1-2H3. The molecule has 0 saturated carbocycles. The highest BCUT2D eigenvalue weighted by atomic mass is 16.3. The van der Waals surface area contributed by atoms with Crippen LogP contribution in [0.15, 0.2) is 186 Å². The second kappa shape index (κ2) is 11.5. The van der Waals surface area contributed by atoms with E-state index < -0.39 is 0 Å². The van der Waals surface area contributed by atoms with Gasteiger partial charge < -0.3 is 4.42 Å². The lowest BCUT2D eigenvalue weighted by Crippen LogP contribution is -2.15. The zero-order chi connectivity index (χ0) is 37.1. The normalized spacial score (nSPS) is 13.3. The maximum absolute atomic E-state index is 6.85. The predicted molar refractivity (Wildman–Crippen MR) is 238 cm³/mol. The molecular formula is C55H36O. The number of hydrogen-bond donors (Lipinski definition) is 0. The molecule has 0 radical (unpaired) electrons. The first kappa shape index (κ1) is 31.4. The summed E-state index contributed by atoms with van der Waals surface area (Å²) in [5.41, 5.74) is 14.4. The number of furan rings is 1. The minimum absolute atomic E-state index is 0.147. The van der Waals surface area contributed by atoms with Crippen molar-refractivity contribution < 1.29 is 4.42 Å². The largest absolute Gasteiger partial charge is 0.456 e. The molecule has 10 aromatic carbocycles. The third-order valence-electron chi connectivity index (χ3n) is 12.6. The fourth-order valence-electron chi connectivity index (χ4n) is 10.2. The summed E-state index contributed by atoms with van der Waals surface area (Å²) in [6, 6.07) is 67.0. The molecule has 0 amide bonds. The van der Waals surface area contributed by atoms with Crippen molar-refractivity contribution >= 4 is 65.0 Å². The third-order valence-corrected chi connectivity index (χ3v) is 12.6. The first-order valence-corrected chi connectivity index (χ1v) is 19.6. The lowest BCUT2D eigenvalue weighted by atomic mass is 9.80. The second-order valence-corrected chi connectivity index (χ2v) is 16.0. The summed E-state index contributed by atoms with van der Waals surface area (Å²) in [6.07, 6.45) is 0. The highest BCUT2D eigenvalue weighted by molar-refractivity contribution is 6.25. The van der Waals surface area contributed by atoms with Crippen LogP contribution in [0.2, 0.25) is 0 Å². The Labute approximate surface area is 325 Å². The molecule has 0 aliphatic heterocycles. The summed E-state index contributed by atoms with van der Waals surface area (Å²) >= 11 is 0. The van der Waals surface area contributed by atoms with E-state index in [1.54, 1.807) is 0 Å². The fourth-order valence-corrected chi connectivity index (χ4v) is 10.2. The molecule has 1 nitrogen and oxygen atoms in total. The van der Waals surface area contributed by atoms with Gasteiger partial charge in [-0.25, -0.2) is 0 Å². The molecular weight excluding hydrogens is 677 g/mol. The van der Waals surface area contributed by atoms with Gasteiger partial charge in [-0.3, -0.25) is 0 Å². The Morgan fingerprint density at radius 3 is 1.68 bits per heavy atom. The molecule has 0 spiro atoms. The van der Waals surface area contributed by atoms with Gasteiger partial charge in [-0.1, -0.05) is 172 Å². The SMILES string of the molecule is CC1(C)c2ccccc2-c2ccc3oc4cc(-c5cccc(-c6c7ccccc7c(-c7ccc8ccccc8c7)c7ccccc67)c5)c5ccccc5c4c3c21. The molecule has 0 unspecified atom stereocenters. The summed E-state index contributed by atoms with van der Waals surface area (Å²) in [5, 5.41) is 12.4. The summed E-state index contributed by atoms with van der Waals surface area (Å²) in [7, 11) is 0. The molecule has 1 heterocycles. The van der Waals surface area contributed by atoms with Crippen LogP contribution in [0.25, 0.3) is 110 Å². The minimum Gasteiger partial charge on any atom is -0.456 e. The van der Waals surface area contributed by atoms with Crippen LogP contribution in [0.4, 0.5) is 0 Å². The van der Waals surface area contributed by atoms with Crippen LogP contribution in [0.1, 0.15) is 25.0 Å². The fraction of sp³-hybridized carbons (Fsp3) is 0.0545. The highest BCUT2D eigenvalue weighted by Gasteiger charge is 2.38. The van der Waals surface area contributed by atoms with Crippen LogP contribution in [0, 0.1) is 0 Å². The van der Waals surface area contributed by atoms with Crippen molar-refractivity contribution in [2.75, 3.05) is 0 Å². The molecule has 56 heavy (non-hydrogen) atoms. The molecule has 0 atom stereocenters. The molecule has 0 fully saturated rings. The van der Waals surface area contributed by atoms with Gasteiger partial charge >= 0.3 is 0 Å². The Bertz CT molecular complexity index is 3390. The Morgan fingerprint density at radius 2 is 0.946 bits per heavy atom. The van der Waals surface area contributed by atoms with Gasteiger partial charge in [-0.15, -0.1) is 0 Å². The number of hydrogen-bond acceptors (Lipinski definition) is 1. The van der Waals surface area contributed by atoms with Crippen molar-refractivity contribution in [2.45, 2.75) is 19.3 Å². The van der Waals surface area contributed by atoms with Crippen molar-refractivity contribution in [3.63, 3.8) is 0 Å². The Kier molecular flexibility index (Phi) is 6.46.